The van der Waals surface area contributed by atoms with Crippen molar-refractivity contribution in [1.82, 2.24) is 9.78 Å². The summed E-state index contributed by atoms with van der Waals surface area (Å²) in [5.74, 6) is -0.155. The zero-order valence-electron chi connectivity index (χ0n) is 13.4. The summed E-state index contributed by atoms with van der Waals surface area (Å²) in [6, 6.07) is 10.4. The lowest BCUT2D eigenvalue weighted by molar-refractivity contribution is -0.144. The van der Waals surface area contributed by atoms with Crippen molar-refractivity contribution >= 4 is 40.1 Å². The van der Waals surface area contributed by atoms with Crippen LogP contribution >= 0.6 is 23.2 Å². The summed E-state index contributed by atoms with van der Waals surface area (Å²) < 4.78 is 12.9. The van der Waals surface area contributed by atoms with Gasteiger partial charge in [-0.05, 0) is 25.1 Å². The van der Waals surface area contributed by atoms with Crippen LogP contribution < -0.4 is 9.47 Å². The van der Waals surface area contributed by atoms with Crippen molar-refractivity contribution in [1.29, 1.82) is 0 Å². The molecule has 0 saturated carbocycles. The van der Waals surface area contributed by atoms with Crippen molar-refractivity contribution in [3.05, 3.63) is 46.4 Å². The minimum atomic E-state index is -1.11. The number of carbonyl (C=O) groups is 1. The number of benzene rings is 2. The van der Waals surface area contributed by atoms with Gasteiger partial charge < -0.3 is 14.6 Å². The molecule has 0 amide bonds. The Morgan fingerprint density at radius 1 is 1.20 bits per heavy atom. The number of carboxylic acids is 1. The smallest absolute Gasteiger partial charge is 0.344 e. The fraction of sp³-hybridized carbons (Fsp3) is 0.176. The van der Waals surface area contributed by atoms with E-state index in [0.717, 1.165) is 10.9 Å². The first-order chi connectivity index (χ1) is 11.9. The predicted octanol–water partition coefficient (Wildman–Crippen LogP) is 4.52. The van der Waals surface area contributed by atoms with Gasteiger partial charge in [-0.1, -0.05) is 35.3 Å². The van der Waals surface area contributed by atoms with Crippen LogP contribution in [0.4, 0.5) is 0 Å². The highest BCUT2D eigenvalue weighted by atomic mass is 35.5. The Morgan fingerprint density at radius 3 is 2.60 bits per heavy atom. The van der Waals surface area contributed by atoms with Crippen molar-refractivity contribution in [3.8, 4) is 17.4 Å². The molecule has 1 N–H and O–H groups in total. The molecule has 0 aliphatic carbocycles. The molecular formula is C17H14Cl2N2O4. The molecule has 0 aliphatic rings. The van der Waals surface area contributed by atoms with Crippen molar-refractivity contribution in [2.75, 3.05) is 0 Å². The second kappa shape index (κ2) is 6.82. The molecule has 0 saturated heterocycles. The van der Waals surface area contributed by atoms with E-state index in [1.54, 1.807) is 11.7 Å². The molecule has 1 aromatic heterocycles. The van der Waals surface area contributed by atoms with Gasteiger partial charge in [0.25, 0.3) is 0 Å². The lowest BCUT2D eigenvalue weighted by Gasteiger charge is -2.15. The largest absolute Gasteiger partial charge is 0.479 e. The fourth-order valence-electron chi connectivity index (χ4n) is 2.27. The van der Waals surface area contributed by atoms with E-state index in [9.17, 15) is 4.79 Å². The number of hydrogen-bond acceptors (Lipinski definition) is 4. The topological polar surface area (TPSA) is 73.6 Å². The number of halogens is 2. The van der Waals surface area contributed by atoms with Crippen molar-refractivity contribution in [3.63, 3.8) is 0 Å². The van der Waals surface area contributed by atoms with Gasteiger partial charge in [0.15, 0.2) is 11.9 Å². The number of aromatic nitrogens is 2. The standard InChI is InChI=1S/C17H14Cl2N2O4/c1-9(17(22)23)24-14-8-15(12(19)7-11(14)18)25-16-10-5-3-4-6-13(10)20-21(16)2/h3-9H,1-2H3,(H,22,23)/t9-/m0/s1. The molecule has 130 valence electrons. The van der Waals surface area contributed by atoms with E-state index in [1.807, 2.05) is 24.3 Å². The summed E-state index contributed by atoms with van der Waals surface area (Å²) in [5.41, 5.74) is 0.779. The summed E-state index contributed by atoms with van der Waals surface area (Å²) in [6.45, 7) is 1.41. The zero-order chi connectivity index (χ0) is 18.1. The summed E-state index contributed by atoms with van der Waals surface area (Å²) in [5, 5.41) is 14.6. The van der Waals surface area contributed by atoms with Crippen LogP contribution in [0.15, 0.2) is 36.4 Å². The van der Waals surface area contributed by atoms with Crippen molar-refractivity contribution in [2.24, 2.45) is 7.05 Å². The van der Waals surface area contributed by atoms with Crippen LogP contribution in [-0.4, -0.2) is 27.0 Å². The summed E-state index contributed by atoms with van der Waals surface area (Å²) in [4.78, 5) is 11.0. The molecule has 0 aliphatic heterocycles. The first kappa shape index (κ1) is 17.4. The molecular weight excluding hydrogens is 367 g/mol. The van der Waals surface area contributed by atoms with Gasteiger partial charge in [-0.2, -0.15) is 5.10 Å². The van der Waals surface area contributed by atoms with E-state index in [0.29, 0.717) is 5.88 Å². The van der Waals surface area contributed by atoms with Gasteiger partial charge in [0.1, 0.15) is 5.75 Å². The molecule has 3 rings (SSSR count). The molecule has 2 aromatic carbocycles. The molecule has 0 fully saturated rings. The third kappa shape index (κ3) is 3.50. The van der Waals surface area contributed by atoms with Crippen LogP contribution in [0.5, 0.6) is 17.4 Å². The molecule has 0 spiro atoms. The van der Waals surface area contributed by atoms with Gasteiger partial charge >= 0.3 is 5.97 Å². The van der Waals surface area contributed by atoms with Crippen LogP contribution in [0.2, 0.25) is 10.0 Å². The van der Waals surface area contributed by atoms with E-state index >= 15 is 0 Å². The molecule has 8 heteroatoms. The van der Waals surface area contributed by atoms with Crippen LogP contribution in [0, 0.1) is 0 Å². The molecule has 0 unspecified atom stereocenters. The Labute approximate surface area is 153 Å². The summed E-state index contributed by atoms with van der Waals surface area (Å²) >= 11 is 12.3. The first-order valence-corrected chi connectivity index (χ1v) is 8.10. The fourth-order valence-corrected chi connectivity index (χ4v) is 2.73. The van der Waals surface area contributed by atoms with Gasteiger partial charge in [-0.3, -0.25) is 0 Å². The average Bonchev–Trinajstić information content (AvgIpc) is 2.87. The number of fused-ring (bicyclic) bond motifs is 1. The molecule has 6 nitrogen and oxygen atoms in total. The summed E-state index contributed by atoms with van der Waals surface area (Å²) in [7, 11) is 1.75. The SMILES string of the molecule is C[C@H](Oc1cc(Oc2c3ccccc3nn2C)c(Cl)cc1Cl)C(=O)O. The maximum atomic E-state index is 11.0. The normalized spacial score (nSPS) is 12.2. The third-order valence-electron chi connectivity index (χ3n) is 3.53. The second-order valence-corrected chi connectivity index (χ2v) is 6.17. The Kier molecular flexibility index (Phi) is 4.74. The number of nitrogens with zero attached hydrogens (tertiary/aromatic N) is 2. The highest BCUT2D eigenvalue weighted by Crippen LogP contribution is 2.39. The van der Waals surface area contributed by atoms with E-state index < -0.39 is 12.1 Å². The van der Waals surface area contributed by atoms with E-state index in [2.05, 4.69) is 5.10 Å². The predicted molar refractivity (Wildman–Crippen MR) is 95.0 cm³/mol. The summed E-state index contributed by atoms with van der Waals surface area (Å²) in [6.07, 6.45) is -1.07. The molecule has 0 radical (unpaired) electrons. The lowest BCUT2D eigenvalue weighted by Crippen LogP contribution is -2.23. The number of aliphatic carboxylic acids is 1. The number of rotatable bonds is 5. The lowest BCUT2D eigenvalue weighted by atomic mass is 10.2. The number of hydrogen-bond donors (Lipinski definition) is 1. The Morgan fingerprint density at radius 2 is 1.88 bits per heavy atom. The monoisotopic (exact) mass is 380 g/mol. The minimum Gasteiger partial charge on any atom is -0.479 e. The average molecular weight is 381 g/mol. The maximum absolute atomic E-state index is 11.0. The molecule has 25 heavy (non-hydrogen) atoms. The number of carboxylic acid groups (broad SMARTS) is 1. The highest BCUT2D eigenvalue weighted by Gasteiger charge is 2.18. The van der Waals surface area contributed by atoms with E-state index in [4.69, 9.17) is 37.8 Å². The molecule has 0 bridgehead atoms. The van der Waals surface area contributed by atoms with E-state index in [-0.39, 0.29) is 21.5 Å². The van der Waals surface area contributed by atoms with Gasteiger partial charge in [-0.15, -0.1) is 0 Å². The number of aryl methyl sites for hydroxylation is 1. The van der Waals surface area contributed by atoms with Gasteiger partial charge in [0, 0.05) is 13.1 Å². The maximum Gasteiger partial charge on any atom is 0.344 e. The van der Waals surface area contributed by atoms with E-state index in [1.165, 1.54) is 19.1 Å². The molecule has 1 heterocycles. The molecule has 1 atom stereocenters. The second-order valence-electron chi connectivity index (χ2n) is 5.36. The molecule has 3 aromatic rings. The third-order valence-corrected chi connectivity index (χ3v) is 4.12. The Balaban J connectivity index is 1.99. The number of ether oxygens (including phenoxy) is 2. The Bertz CT molecular complexity index is 955. The van der Waals surface area contributed by atoms with Gasteiger partial charge in [-0.25, -0.2) is 9.48 Å². The van der Waals surface area contributed by atoms with Crippen LogP contribution in [-0.2, 0) is 11.8 Å². The highest BCUT2D eigenvalue weighted by molar-refractivity contribution is 6.36. The van der Waals surface area contributed by atoms with Crippen LogP contribution in [0.1, 0.15) is 6.92 Å². The first-order valence-electron chi connectivity index (χ1n) is 7.35. The quantitative estimate of drug-likeness (QED) is 0.703. The Hall–Kier alpha value is -2.44. The van der Waals surface area contributed by atoms with Crippen molar-refractivity contribution < 1.29 is 19.4 Å². The van der Waals surface area contributed by atoms with Gasteiger partial charge in [0.2, 0.25) is 5.88 Å². The van der Waals surface area contributed by atoms with Crippen LogP contribution in [0.25, 0.3) is 10.9 Å². The minimum absolute atomic E-state index is 0.169. The van der Waals surface area contributed by atoms with Gasteiger partial charge in [0.05, 0.1) is 20.9 Å². The zero-order valence-corrected chi connectivity index (χ0v) is 14.9. The van der Waals surface area contributed by atoms with Crippen molar-refractivity contribution in [2.45, 2.75) is 13.0 Å². The van der Waals surface area contributed by atoms with Crippen LogP contribution in [0.3, 0.4) is 0 Å².